The summed E-state index contributed by atoms with van der Waals surface area (Å²) in [6, 6.07) is 13.8. The van der Waals surface area contributed by atoms with Crippen LogP contribution in [-0.4, -0.2) is 38.3 Å². The molecule has 29 heavy (non-hydrogen) atoms. The fourth-order valence-corrected chi connectivity index (χ4v) is 5.11. The summed E-state index contributed by atoms with van der Waals surface area (Å²) < 4.78 is 32.5. The number of benzene rings is 2. The van der Waals surface area contributed by atoms with Crippen molar-refractivity contribution in [2.45, 2.75) is 37.1 Å². The largest absolute Gasteiger partial charge is 0.482 e. The smallest absolute Gasteiger partial charge is 0.258 e. The van der Waals surface area contributed by atoms with Gasteiger partial charge in [-0.25, -0.2) is 8.42 Å². The van der Waals surface area contributed by atoms with Gasteiger partial charge < -0.3 is 10.1 Å². The Morgan fingerprint density at radius 3 is 2.48 bits per heavy atom. The second-order valence-corrected chi connectivity index (χ2v) is 9.39. The van der Waals surface area contributed by atoms with Gasteiger partial charge in [0.15, 0.2) is 6.61 Å². The van der Waals surface area contributed by atoms with Gasteiger partial charge in [-0.1, -0.05) is 48.4 Å². The topological polar surface area (TPSA) is 75.7 Å². The van der Waals surface area contributed by atoms with Gasteiger partial charge in [-0.2, -0.15) is 4.31 Å². The lowest BCUT2D eigenvalue weighted by atomic mass is 10.1. The van der Waals surface area contributed by atoms with Crippen LogP contribution in [0.4, 0.5) is 0 Å². The van der Waals surface area contributed by atoms with Crippen molar-refractivity contribution >= 4 is 27.5 Å². The average Bonchev–Trinajstić information content (AvgIpc) is 2.74. The van der Waals surface area contributed by atoms with Gasteiger partial charge in [0.2, 0.25) is 10.0 Å². The van der Waals surface area contributed by atoms with Crippen LogP contribution in [0.5, 0.6) is 5.75 Å². The van der Waals surface area contributed by atoms with Crippen molar-refractivity contribution in [3.63, 3.8) is 0 Å². The third kappa shape index (κ3) is 5.50. The number of rotatable bonds is 7. The van der Waals surface area contributed by atoms with E-state index in [0.717, 1.165) is 24.8 Å². The van der Waals surface area contributed by atoms with Gasteiger partial charge in [0.1, 0.15) is 5.75 Å². The molecule has 0 saturated carbocycles. The van der Waals surface area contributed by atoms with E-state index in [1.165, 1.54) is 22.5 Å². The number of ether oxygens (including phenoxy) is 1. The van der Waals surface area contributed by atoms with E-state index in [-0.39, 0.29) is 34.2 Å². The molecule has 6 nitrogen and oxygen atoms in total. The Bertz CT molecular complexity index is 944. The standard InChI is InChI=1S/C21H25ClN2O4S/c1-16(17-8-4-2-5-9-17)23-21(25)15-28-20-11-10-18(14-19(20)22)29(26,27)24-12-6-3-7-13-24/h2,4-5,8-11,14,16H,3,6-7,12-13,15H2,1H3,(H,23,25)/t16-/m1/s1. The molecule has 8 heteroatoms. The summed E-state index contributed by atoms with van der Waals surface area (Å²) in [5, 5.41) is 3.01. The molecule has 1 N–H and O–H groups in total. The Hall–Kier alpha value is -2.09. The van der Waals surface area contributed by atoms with E-state index >= 15 is 0 Å². The molecule has 0 bridgehead atoms. The molecule has 2 aromatic rings. The summed E-state index contributed by atoms with van der Waals surface area (Å²) >= 11 is 6.22. The van der Waals surface area contributed by atoms with E-state index in [1.807, 2.05) is 37.3 Å². The van der Waals surface area contributed by atoms with Gasteiger partial charge >= 0.3 is 0 Å². The Morgan fingerprint density at radius 2 is 1.83 bits per heavy atom. The summed E-state index contributed by atoms with van der Waals surface area (Å²) in [5.74, 6) is -0.0193. The van der Waals surface area contributed by atoms with Crippen LogP contribution in [0.3, 0.4) is 0 Å². The van der Waals surface area contributed by atoms with Crippen LogP contribution in [0.15, 0.2) is 53.4 Å². The molecule has 0 aromatic heterocycles. The first-order chi connectivity index (χ1) is 13.9. The molecule has 1 fully saturated rings. The van der Waals surface area contributed by atoms with Crippen LogP contribution in [0.1, 0.15) is 37.8 Å². The average molecular weight is 437 g/mol. The van der Waals surface area contributed by atoms with Crippen molar-refractivity contribution in [1.29, 1.82) is 0 Å². The third-order valence-corrected chi connectivity index (χ3v) is 7.08. The third-order valence-electron chi connectivity index (χ3n) is 4.89. The summed E-state index contributed by atoms with van der Waals surface area (Å²) in [7, 11) is -3.57. The van der Waals surface area contributed by atoms with Crippen molar-refractivity contribution in [3.8, 4) is 5.75 Å². The number of halogens is 1. The van der Waals surface area contributed by atoms with Crippen LogP contribution in [0, 0.1) is 0 Å². The summed E-state index contributed by atoms with van der Waals surface area (Å²) in [6.07, 6.45) is 2.78. The van der Waals surface area contributed by atoms with Gasteiger partial charge in [0.05, 0.1) is 16.0 Å². The molecular formula is C21H25ClN2O4S. The molecule has 156 valence electrons. The lowest BCUT2D eigenvalue weighted by Gasteiger charge is -2.26. The maximum Gasteiger partial charge on any atom is 0.258 e. The number of amides is 1. The molecule has 3 rings (SSSR count). The van der Waals surface area contributed by atoms with Gasteiger partial charge in [0, 0.05) is 13.1 Å². The maximum atomic E-state index is 12.7. The van der Waals surface area contributed by atoms with Crippen LogP contribution in [0.25, 0.3) is 0 Å². The monoisotopic (exact) mass is 436 g/mol. The Labute approximate surface area is 176 Å². The molecule has 1 aliphatic rings. The highest BCUT2D eigenvalue weighted by atomic mass is 35.5. The van der Waals surface area contributed by atoms with E-state index < -0.39 is 10.0 Å². The highest BCUT2D eigenvalue weighted by Crippen LogP contribution is 2.29. The lowest BCUT2D eigenvalue weighted by Crippen LogP contribution is -2.35. The molecular weight excluding hydrogens is 412 g/mol. The minimum absolute atomic E-state index is 0.138. The van der Waals surface area contributed by atoms with E-state index in [1.54, 1.807) is 0 Å². The number of hydrogen-bond donors (Lipinski definition) is 1. The second kappa shape index (κ2) is 9.61. The minimum Gasteiger partial charge on any atom is -0.482 e. The molecule has 0 unspecified atom stereocenters. The number of sulfonamides is 1. The number of nitrogens with zero attached hydrogens (tertiary/aromatic N) is 1. The van der Waals surface area contributed by atoms with Crippen LogP contribution >= 0.6 is 11.6 Å². The normalized spacial score (nSPS) is 16.2. The molecule has 0 aliphatic carbocycles. The Kier molecular flexibility index (Phi) is 7.16. The molecule has 1 saturated heterocycles. The molecule has 1 aliphatic heterocycles. The van der Waals surface area contributed by atoms with E-state index in [9.17, 15) is 13.2 Å². The van der Waals surface area contributed by atoms with Crippen molar-refractivity contribution in [2.75, 3.05) is 19.7 Å². The van der Waals surface area contributed by atoms with Crippen molar-refractivity contribution in [1.82, 2.24) is 9.62 Å². The van der Waals surface area contributed by atoms with E-state index in [0.29, 0.717) is 13.1 Å². The zero-order chi connectivity index (χ0) is 20.9. The number of carbonyl (C=O) groups is 1. The molecule has 0 spiro atoms. The first-order valence-corrected chi connectivity index (χ1v) is 11.5. The summed E-state index contributed by atoms with van der Waals surface area (Å²) in [6.45, 7) is 2.73. The summed E-state index contributed by atoms with van der Waals surface area (Å²) in [4.78, 5) is 12.3. The summed E-state index contributed by atoms with van der Waals surface area (Å²) in [5.41, 5.74) is 0.992. The maximum absolute atomic E-state index is 12.7. The van der Waals surface area contributed by atoms with Gasteiger partial charge in [-0.05, 0) is 43.5 Å². The number of hydrogen-bond acceptors (Lipinski definition) is 4. The molecule has 1 atom stereocenters. The molecule has 2 aromatic carbocycles. The van der Waals surface area contributed by atoms with Crippen LogP contribution in [-0.2, 0) is 14.8 Å². The number of carbonyl (C=O) groups excluding carboxylic acids is 1. The SMILES string of the molecule is C[C@@H](NC(=O)COc1ccc(S(=O)(=O)N2CCCCC2)cc1Cl)c1ccccc1. The van der Waals surface area contributed by atoms with Crippen molar-refractivity contribution in [3.05, 3.63) is 59.1 Å². The minimum atomic E-state index is -3.57. The Balaban J connectivity index is 1.60. The molecule has 1 amide bonds. The van der Waals surface area contributed by atoms with E-state index in [4.69, 9.17) is 16.3 Å². The van der Waals surface area contributed by atoms with Gasteiger partial charge in [-0.15, -0.1) is 0 Å². The van der Waals surface area contributed by atoms with Crippen molar-refractivity contribution < 1.29 is 17.9 Å². The molecule has 1 heterocycles. The first kappa shape index (κ1) is 21.6. The van der Waals surface area contributed by atoms with Gasteiger partial charge in [0.25, 0.3) is 5.91 Å². The van der Waals surface area contributed by atoms with Crippen LogP contribution < -0.4 is 10.1 Å². The highest BCUT2D eigenvalue weighted by molar-refractivity contribution is 7.89. The number of piperidine rings is 1. The number of nitrogens with one attached hydrogen (secondary N) is 1. The fourth-order valence-electron chi connectivity index (χ4n) is 3.26. The van der Waals surface area contributed by atoms with Gasteiger partial charge in [-0.3, -0.25) is 4.79 Å². The predicted molar refractivity (Wildman–Crippen MR) is 113 cm³/mol. The quantitative estimate of drug-likeness (QED) is 0.716. The van der Waals surface area contributed by atoms with E-state index in [2.05, 4.69) is 5.32 Å². The fraction of sp³-hybridized carbons (Fsp3) is 0.381. The van der Waals surface area contributed by atoms with Crippen LogP contribution in [0.2, 0.25) is 5.02 Å². The Morgan fingerprint density at radius 1 is 1.14 bits per heavy atom. The first-order valence-electron chi connectivity index (χ1n) is 9.65. The zero-order valence-corrected chi connectivity index (χ0v) is 17.9. The zero-order valence-electron chi connectivity index (χ0n) is 16.3. The predicted octanol–water partition coefficient (Wildman–Crippen LogP) is 3.77. The van der Waals surface area contributed by atoms with Crippen molar-refractivity contribution in [2.24, 2.45) is 0 Å². The molecule has 0 radical (unpaired) electrons. The second-order valence-electron chi connectivity index (χ2n) is 7.05. The highest BCUT2D eigenvalue weighted by Gasteiger charge is 2.26. The lowest BCUT2D eigenvalue weighted by molar-refractivity contribution is -0.123.